The highest BCUT2D eigenvalue weighted by molar-refractivity contribution is 5.62. The van der Waals surface area contributed by atoms with Crippen molar-refractivity contribution < 1.29 is 4.74 Å². The lowest BCUT2D eigenvalue weighted by atomic mass is 10.2. The number of rotatable bonds is 5. The first-order valence-corrected chi connectivity index (χ1v) is 5.28. The lowest BCUT2D eigenvalue weighted by molar-refractivity contribution is 0.295. The normalized spacial score (nSPS) is 9.75. The van der Waals surface area contributed by atoms with Gasteiger partial charge in [0.1, 0.15) is 17.5 Å². The standard InChI is InChI=1S/C11H16N4O/c1-2-3-4-5-16-11-8(7-12)9(13)6-10(14)15-11/h6H,2-5H2,1H3,(H4,13,14,15). The molecule has 0 fully saturated rings. The van der Waals surface area contributed by atoms with E-state index in [2.05, 4.69) is 11.9 Å². The largest absolute Gasteiger partial charge is 0.477 e. The summed E-state index contributed by atoms with van der Waals surface area (Å²) in [5, 5.41) is 8.90. The fraction of sp³-hybridized carbons (Fsp3) is 0.455. The van der Waals surface area contributed by atoms with Crippen LogP contribution in [0.15, 0.2) is 6.07 Å². The van der Waals surface area contributed by atoms with Gasteiger partial charge in [0.05, 0.1) is 12.3 Å². The monoisotopic (exact) mass is 220 g/mol. The van der Waals surface area contributed by atoms with Crippen LogP contribution in [0.3, 0.4) is 0 Å². The van der Waals surface area contributed by atoms with E-state index in [1.54, 1.807) is 0 Å². The number of anilines is 2. The van der Waals surface area contributed by atoms with Crippen molar-refractivity contribution in [2.45, 2.75) is 26.2 Å². The van der Waals surface area contributed by atoms with Crippen LogP contribution in [-0.2, 0) is 0 Å². The molecule has 0 aromatic carbocycles. The smallest absolute Gasteiger partial charge is 0.235 e. The number of nitriles is 1. The molecule has 5 heteroatoms. The average molecular weight is 220 g/mol. The summed E-state index contributed by atoms with van der Waals surface area (Å²) in [6.07, 6.45) is 3.12. The maximum absolute atomic E-state index is 8.90. The molecule has 5 nitrogen and oxygen atoms in total. The summed E-state index contributed by atoms with van der Waals surface area (Å²) in [7, 11) is 0. The second kappa shape index (κ2) is 5.81. The van der Waals surface area contributed by atoms with Crippen molar-refractivity contribution in [3.8, 4) is 11.9 Å². The molecule has 1 aromatic rings. The molecule has 0 amide bonds. The Bertz CT molecular complexity index is 398. The Kier molecular flexibility index (Phi) is 4.40. The van der Waals surface area contributed by atoms with E-state index in [9.17, 15) is 0 Å². The third-order valence-electron chi connectivity index (χ3n) is 2.14. The van der Waals surface area contributed by atoms with Gasteiger partial charge in [-0.25, -0.2) is 0 Å². The molecule has 1 rings (SSSR count). The summed E-state index contributed by atoms with van der Waals surface area (Å²) >= 11 is 0. The van der Waals surface area contributed by atoms with Gasteiger partial charge in [0.25, 0.3) is 0 Å². The Morgan fingerprint density at radius 2 is 2.19 bits per heavy atom. The molecule has 0 saturated carbocycles. The molecule has 0 aliphatic rings. The maximum Gasteiger partial charge on any atom is 0.235 e. The molecule has 0 saturated heterocycles. The van der Waals surface area contributed by atoms with Gasteiger partial charge in [-0.1, -0.05) is 19.8 Å². The van der Waals surface area contributed by atoms with Crippen LogP contribution in [0.1, 0.15) is 31.7 Å². The molecular formula is C11H16N4O. The summed E-state index contributed by atoms with van der Waals surface area (Å²) in [6.45, 7) is 2.63. The lowest BCUT2D eigenvalue weighted by Gasteiger charge is -2.08. The molecule has 4 N–H and O–H groups in total. The van der Waals surface area contributed by atoms with Crippen LogP contribution in [0.2, 0.25) is 0 Å². The highest BCUT2D eigenvalue weighted by atomic mass is 16.5. The van der Waals surface area contributed by atoms with E-state index >= 15 is 0 Å². The zero-order chi connectivity index (χ0) is 12.0. The van der Waals surface area contributed by atoms with Crippen LogP contribution in [0.25, 0.3) is 0 Å². The van der Waals surface area contributed by atoms with Gasteiger partial charge in [-0.3, -0.25) is 0 Å². The van der Waals surface area contributed by atoms with Crippen molar-refractivity contribution in [2.75, 3.05) is 18.1 Å². The summed E-state index contributed by atoms with van der Waals surface area (Å²) in [6, 6.07) is 3.42. The van der Waals surface area contributed by atoms with Gasteiger partial charge in [0.2, 0.25) is 5.88 Å². The summed E-state index contributed by atoms with van der Waals surface area (Å²) in [5.41, 5.74) is 11.7. The van der Waals surface area contributed by atoms with Crippen molar-refractivity contribution >= 4 is 11.5 Å². The maximum atomic E-state index is 8.90. The van der Waals surface area contributed by atoms with Gasteiger partial charge in [-0.05, 0) is 6.42 Å². The number of nitrogen functional groups attached to an aromatic ring is 2. The Hall–Kier alpha value is -1.96. The first-order chi connectivity index (χ1) is 7.69. The topological polar surface area (TPSA) is 97.9 Å². The number of hydrogen-bond acceptors (Lipinski definition) is 5. The van der Waals surface area contributed by atoms with Crippen LogP contribution < -0.4 is 16.2 Å². The van der Waals surface area contributed by atoms with Crippen molar-refractivity contribution in [1.29, 1.82) is 5.26 Å². The molecule has 0 bridgehead atoms. The molecule has 1 aromatic heterocycles. The van der Waals surface area contributed by atoms with E-state index in [0.717, 1.165) is 19.3 Å². The van der Waals surface area contributed by atoms with Crippen molar-refractivity contribution in [1.82, 2.24) is 4.98 Å². The Balaban J connectivity index is 2.75. The summed E-state index contributed by atoms with van der Waals surface area (Å²) < 4.78 is 5.40. The Morgan fingerprint density at radius 1 is 1.44 bits per heavy atom. The third kappa shape index (κ3) is 3.02. The molecule has 0 radical (unpaired) electrons. The number of pyridine rings is 1. The fourth-order valence-electron chi connectivity index (χ4n) is 1.30. The zero-order valence-corrected chi connectivity index (χ0v) is 9.36. The van der Waals surface area contributed by atoms with Gasteiger partial charge in [0, 0.05) is 6.07 Å². The predicted molar refractivity (Wildman–Crippen MR) is 62.8 cm³/mol. The van der Waals surface area contributed by atoms with Gasteiger partial charge in [0.15, 0.2) is 0 Å². The van der Waals surface area contributed by atoms with Crippen LogP contribution in [0.5, 0.6) is 5.88 Å². The van der Waals surface area contributed by atoms with Crippen LogP contribution >= 0.6 is 0 Å². The van der Waals surface area contributed by atoms with Gasteiger partial charge < -0.3 is 16.2 Å². The third-order valence-corrected chi connectivity index (χ3v) is 2.14. The highest BCUT2D eigenvalue weighted by Crippen LogP contribution is 2.23. The number of nitrogens with two attached hydrogens (primary N) is 2. The number of aromatic nitrogens is 1. The van der Waals surface area contributed by atoms with E-state index in [1.165, 1.54) is 6.07 Å². The molecule has 0 atom stereocenters. The molecule has 86 valence electrons. The van der Waals surface area contributed by atoms with Crippen LogP contribution in [-0.4, -0.2) is 11.6 Å². The summed E-state index contributed by atoms with van der Waals surface area (Å²) in [4.78, 5) is 3.96. The summed E-state index contributed by atoms with van der Waals surface area (Å²) in [5.74, 6) is 0.498. The minimum Gasteiger partial charge on any atom is -0.477 e. The number of hydrogen-bond donors (Lipinski definition) is 2. The SMILES string of the molecule is CCCCCOc1nc(N)cc(N)c1C#N. The van der Waals surface area contributed by atoms with Crippen LogP contribution in [0, 0.1) is 11.3 Å². The van der Waals surface area contributed by atoms with Gasteiger partial charge in [-0.2, -0.15) is 10.2 Å². The molecule has 0 unspecified atom stereocenters. The molecule has 0 spiro atoms. The van der Waals surface area contributed by atoms with Crippen molar-refractivity contribution in [2.24, 2.45) is 0 Å². The van der Waals surface area contributed by atoms with Gasteiger partial charge in [-0.15, -0.1) is 0 Å². The molecule has 1 heterocycles. The van der Waals surface area contributed by atoms with E-state index in [1.807, 2.05) is 6.07 Å². The van der Waals surface area contributed by atoms with E-state index < -0.39 is 0 Å². The second-order valence-electron chi connectivity index (χ2n) is 3.48. The van der Waals surface area contributed by atoms with Crippen LogP contribution in [0.4, 0.5) is 11.5 Å². The average Bonchev–Trinajstić information content (AvgIpc) is 2.24. The van der Waals surface area contributed by atoms with Crippen molar-refractivity contribution in [3.05, 3.63) is 11.6 Å². The predicted octanol–water partition coefficient (Wildman–Crippen LogP) is 1.69. The first-order valence-electron chi connectivity index (χ1n) is 5.28. The highest BCUT2D eigenvalue weighted by Gasteiger charge is 2.10. The van der Waals surface area contributed by atoms with E-state index in [0.29, 0.717) is 12.3 Å². The molecular weight excluding hydrogens is 204 g/mol. The minimum atomic E-state index is 0.233. The second-order valence-corrected chi connectivity index (χ2v) is 3.48. The number of ether oxygens (including phenoxy) is 1. The number of unbranched alkanes of at least 4 members (excludes halogenated alkanes) is 2. The molecule has 0 aliphatic carbocycles. The zero-order valence-electron chi connectivity index (χ0n) is 9.36. The quantitative estimate of drug-likeness (QED) is 0.736. The van der Waals surface area contributed by atoms with Gasteiger partial charge >= 0.3 is 0 Å². The minimum absolute atomic E-state index is 0.233. The molecule has 16 heavy (non-hydrogen) atoms. The lowest BCUT2D eigenvalue weighted by Crippen LogP contribution is -2.05. The first kappa shape index (κ1) is 12.1. The number of nitrogens with zero attached hydrogens (tertiary/aromatic N) is 2. The van der Waals surface area contributed by atoms with E-state index in [-0.39, 0.29) is 17.3 Å². The Labute approximate surface area is 95.0 Å². The van der Waals surface area contributed by atoms with Crippen molar-refractivity contribution in [3.63, 3.8) is 0 Å². The molecule has 0 aliphatic heterocycles. The fourth-order valence-corrected chi connectivity index (χ4v) is 1.30. The van der Waals surface area contributed by atoms with E-state index in [4.69, 9.17) is 21.5 Å². The Morgan fingerprint density at radius 3 is 2.81 bits per heavy atom.